The van der Waals surface area contributed by atoms with E-state index in [1.54, 1.807) is 7.11 Å². The summed E-state index contributed by atoms with van der Waals surface area (Å²) in [6.07, 6.45) is 3.51. The number of nitrogens with zero attached hydrogens (tertiary/aromatic N) is 4. The van der Waals surface area contributed by atoms with E-state index in [0.29, 0.717) is 22.8 Å². The number of aromatic nitrogens is 4. The van der Waals surface area contributed by atoms with Crippen molar-refractivity contribution < 1.29 is 14.3 Å². The van der Waals surface area contributed by atoms with Crippen LogP contribution in [-0.2, 0) is 11.2 Å². The molecule has 8 nitrogen and oxygen atoms in total. The van der Waals surface area contributed by atoms with Gasteiger partial charge in [0.1, 0.15) is 5.75 Å². The Morgan fingerprint density at radius 2 is 2.10 bits per heavy atom. The number of carbonyl (C=O) groups is 2. The van der Waals surface area contributed by atoms with Crippen molar-refractivity contribution in [3.63, 3.8) is 0 Å². The van der Waals surface area contributed by atoms with Crippen LogP contribution in [0.25, 0.3) is 10.9 Å². The van der Waals surface area contributed by atoms with Crippen LogP contribution >= 0.6 is 11.8 Å². The number of aryl methyl sites for hydroxylation is 2. The maximum Gasteiger partial charge on any atom is 0.237 e. The van der Waals surface area contributed by atoms with Crippen molar-refractivity contribution in [1.29, 1.82) is 0 Å². The van der Waals surface area contributed by atoms with E-state index in [1.807, 2.05) is 25.1 Å². The third-order valence-corrected chi connectivity index (χ3v) is 5.49. The molecule has 9 heteroatoms. The molecule has 0 unspecified atom stereocenters. The number of nitrogens with one attached hydrogen (secondary N) is 1. The largest absolute Gasteiger partial charge is 0.497 e. The summed E-state index contributed by atoms with van der Waals surface area (Å²) in [7, 11) is 1.62. The molecular weight excluding hydrogens is 390 g/mol. The highest BCUT2D eigenvalue weighted by atomic mass is 32.2. The smallest absolute Gasteiger partial charge is 0.237 e. The van der Waals surface area contributed by atoms with Crippen LogP contribution in [0.2, 0.25) is 0 Å². The zero-order chi connectivity index (χ0) is 20.4. The average molecular weight is 409 g/mol. The number of thioether (sulfide) groups is 1. The van der Waals surface area contributed by atoms with Crippen LogP contribution in [0.4, 0.5) is 5.95 Å². The summed E-state index contributed by atoms with van der Waals surface area (Å²) in [5.74, 6) is 0.886. The number of fused-ring (bicyclic) bond motifs is 2. The summed E-state index contributed by atoms with van der Waals surface area (Å²) in [4.78, 5) is 41.5. The fraction of sp³-hybridized carbons (Fsp3) is 0.300. The van der Waals surface area contributed by atoms with Gasteiger partial charge < -0.3 is 4.74 Å². The molecular formula is C20H19N5O3S. The molecule has 29 heavy (non-hydrogen) atoms. The summed E-state index contributed by atoms with van der Waals surface area (Å²) in [6, 6.07) is 5.60. The van der Waals surface area contributed by atoms with Gasteiger partial charge in [0.05, 0.1) is 29.6 Å². The van der Waals surface area contributed by atoms with Crippen molar-refractivity contribution in [2.75, 3.05) is 18.2 Å². The Morgan fingerprint density at radius 3 is 2.93 bits per heavy atom. The van der Waals surface area contributed by atoms with E-state index in [-0.39, 0.29) is 23.4 Å². The number of benzene rings is 1. The molecule has 1 aromatic carbocycles. The number of hydrogen-bond donors (Lipinski definition) is 1. The van der Waals surface area contributed by atoms with Crippen LogP contribution < -0.4 is 10.1 Å². The zero-order valence-corrected chi connectivity index (χ0v) is 16.9. The lowest BCUT2D eigenvalue weighted by Gasteiger charge is -2.13. The molecule has 148 valence electrons. The average Bonchev–Trinajstić information content (AvgIpc) is 2.72. The predicted octanol–water partition coefficient (Wildman–Crippen LogP) is 2.99. The van der Waals surface area contributed by atoms with Gasteiger partial charge in [0, 0.05) is 23.7 Å². The third-order valence-electron chi connectivity index (χ3n) is 4.64. The number of methoxy groups -OCH3 is 1. The Hall–Kier alpha value is -3.07. The number of anilines is 1. The van der Waals surface area contributed by atoms with Crippen LogP contribution in [-0.4, -0.2) is 44.5 Å². The summed E-state index contributed by atoms with van der Waals surface area (Å²) in [5, 5.41) is 4.11. The Bertz CT molecular complexity index is 1120. The van der Waals surface area contributed by atoms with Gasteiger partial charge in [-0.2, -0.15) is 0 Å². The Morgan fingerprint density at radius 1 is 1.24 bits per heavy atom. The van der Waals surface area contributed by atoms with Crippen molar-refractivity contribution in [3.8, 4) is 5.75 Å². The van der Waals surface area contributed by atoms with Crippen molar-refractivity contribution in [3.05, 3.63) is 41.3 Å². The SMILES string of the molecule is COc1ccc2nc(SCC(=O)Nc3ncc4c(n3)CCCC4=O)nc(C)c2c1. The van der Waals surface area contributed by atoms with Crippen LogP contribution in [0.15, 0.2) is 29.6 Å². The minimum Gasteiger partial charge on any atom is -0.497 e. The van der Waals surface area contributed by atoms with E-state index in [9.17, 15) is 9.59 Å². The molecule has 3 aromatic rings. The summed E-state index contributed by atoms with van der Waals surface area (Å²) in [5.41, 5.74) is 2.87. The molecule has 2 heterocycles. The molecule has 1 amide bonds. The van der Waals surface area contributed by atoms with Crippen molar-refractivity contribution in [2.45, 2.75) is 31.3 Å². The van der Waals surface area contributed by atoms with Crippen LogP contribution in [0.5, 0.6) is 5.75 Å². The normalized spacial score (nSPS) is 13.2. The van der Waals surface area contributed by atoms with E-state index < -0.39 is 0 Å². The first-order valence-electron chi connectivity index (χ1n) is 9.17. The standard InChI is InChI=1S/C20H19N5O3S/c1-11-13-8-12(28-2)6-7-16(13)24-20(22-11)29-10-18(27)25-19-21-9-14-15(23-19)4-3-5-17(14)26/h6-9H,3-5,10H2,1-2H3,(H,21,23,25,27). The lowest BCUT2D eigenvalue weighted by Crippen LogP contribution is -2.19. The summed E-state index contributed by atoms with van der Waals surface area (Å²) in [6.45, 7) is 1.90. The lowest BCUT2D eigenvalue weighted by atomic mass is 9.96. The first kappa shape index (κ1) is 19.3. The fourth-order valence-electron chi connectivity index (χ4n) is 3.17. The second-order valence-corrected chi connectivity index (χ2v) is 7.58. The van der Waals surface area contributed by atoms with Gasteiger partial charge in [-0.3, -0.25) is 14.9 Å². The van der Waals surface area contributed by atoms with Gasteiger partial charge in [-0.25, -0.2) is 19.9 Å². The Balaban J connectivity index is 1.42. The molecule has 1 N–H and O–H groups in total. The maximum atomic E-state index is 12.3. The number of ketones is 1. The first-order valence-corrected chi connectivity index (χ1v) is 10.2. The third kappa shape index (κ3) is 4.19. The highest BCUT2D eigenvalue weighted by Crippen LogP contribution is 2.25. The second kappa shape index (κ2) is 8.12. The Kier molecular flexibility index (Phi) is 5.39. The number of ether oxygens (including phenoxy) is 1. The van der Waals surface area contributed by atoms with Crippen LogP contribution in [0.1, 0.15) is 34.6 Å². The summed E-state index contributed by atoms with van der Waals surface area (Å²) >= 11 is 1.24. The van der Waals surface area contributed by atoms with Gasteiger partial charge in [0.15, 0.2) is 10.9 Å². The number of carbonyl (C=O) groups excluding carboxylic acids is 2. The van der Waals surface area contributed by atoms with Crippen molar-refractivity contribution in [2.24, 2.45) is 0 Å². The molecule has 2 aromatic heterocycles. The highest BCUT2D eigenvalue weighted by molar-refractivity contribution is 7.99. The van der Waals surface area contributed by atoms with E-state index in [1.165, 1.54) is 18.0 Å². The van der Waals surface area contributed by atoms with Crippen molar-refractivity contribution >= 4 is 40.3 Å². The molecule has 1 aliphatic rings. The molecule has 0 spiro atoms. The minimum atomic E-state index is -0.256. The molecule has 0 fully saturated rings. The molecule has 4 rings (SSSR count). The number of rotatable bonds is 5. The van der Waals surface area contributed by atoms with Gasteiger partial charge in [-0.1, -0.05) is 11.8 Å². The zero-order valence-electron chi connectivity index (χ0n) is 16.1. The molecule has 1 aliphatic carbocycles. The number of amides is 1. The Labute approximate surface area is 171 Å². The van der Waals surface area contributed by atoms with Gasteiger partial charge >= 0.3 is 0 Å². The van der Waals surface area contributed by atoms with E-state index in [2.05, 4.69) is 25.3 Å². The lowest BCUT2D eigenvalue weighted by molar-refractivity contribution is -0.113. The predicted molar refractivity (Wildman–Crippen MR) is 109 cm³/mol. The minimum absolute atomic E-state index is 0.0566. The van der Waals surface area contributed by atoms with Crippen LogP contribution in [0.3, 0.4) is 0 Å². The van der Waals surface area contributed by atoms with E-state index >= 15 is 0 Å². The van der Waals surface area contributed by atoms with Gasteiger partial charge in [0.2, 0.25) is 11.9 Å². The monoisotopic (exact) mass is 409 g/mol. The maximum absolute atomic E-state index is 12.3. The molecule has 0 saturated carbocycles. The quantitative estimate of drug-likeness (QED) is 0.506. The molecule has 0 bridgehead atoms. The number of hydrogen-bond acceptors (Lipinski definition) is 8. The summed E-state index contributed by atoms with van der Waals surface area (Å²) < 4.78 is 5.24. The second-order valence-electron chi connectivity index (χ2n) is 6.64. The van der Waals surface area contributed by atoms with E-state index in [4.69, 9.17) is 4.74 Å². The highest BCUT2D eigenvalue weighted by Gasteiger charge is 2.20. The number of Topliss-reactive ketones (excluding diaryl/α,β-unsaturated/α-hetero) is 1. The molecule has 0 radical (unpaired) electrons. The molecule has 0 saturated heterocycles. The molecule has 0 aliphatic heterocycles. The fourth-order valence-corrected chi connectivity index (χ4v) is 3.87. The van der Waals surface area contributed by atoms with Crippen molar-refractivity contribution in [1.82, 2.24) is 19.9 Å². The molecule has 0 atom stereocenters. The van der Waals surface area contributed by atoms with Crippen LogP contribution in [0, 0.1) is 6.92 Å². The van der Waals surface area contributed by atoms with Gasteiger partial charge in [-0.05, 0) is 38.0 Å². The van der Waals surface area contributed by atoms with Gasteiger partial charge in [0.25, 0.3) is 0 Å². The van der Waals surface area contributed by atoms with Gasteiger partial charge in [-0.15, -0.1) is 0 Å². The van der Waals surface area contributed by atoms with E-state index in [0.717, 1.165) is 35.2 Å². The first-order chi connectivity index (χ1) is 14.0. The topological polar surface area (TPSA) is 107 Å².